The number of rotatable bonds is 4. The van der Waals surface area contributed by atoms with Crippen molar-refractivity contribution in [1.82, 2.24) is 10.3 Å². The minimum absolute atomic E-state index is 0.116. The van der Waals surface area contributed by atoms with Gasteiger partial charge >= 0.3 is 0 Å². The highest BCUT2D eigenvalue weighted by Crippen LogP contribution is 2.19. The van der Waals surface area contributed by atoms with E-state index in [9.17, 15) is 4.79 Å². The molecule has 2 aromatic rings. The van der Waals surface area contributed by atoms with Crippen LogP contribution in [0.1, 0.15) is 21.5 Å². The number of carbonyl (C=O) groups excluding carboxylic acids is 1. The third-order valence-electron chi connectivity index (χ3n) is 3.00. The molecule has 4 nitrogen and oxygen atoms in total. The maximum atomic E-state index is 12.2. The fourth-order valence-electron chi connectivity index (χ4n) is 1.87. The molecular formula is C15H15BrN2O2. The Bertz CT molecular complexity index is 629. The Kier molecular flexibility index (Phi) is 4.74. The molecule has 0 bridgehead atoms. The standard InChI is InChI=1S/C15H15BrN2O2/c1-10-12(6-3-7-13(10)16)14(19)18-9-11-5-4-8-17-15(11)20-2/h3-8H,9H2,1-2H3,(H,18,19). The lowest BCUT2D eigenvalue weighted by Gasteiger charge is -2.10. The van der Waals surface area contributed by atoms with E-state index in [1.165, 1.54) is 0 Å². The average Bonchev–Trinajstić information content (AvgIpc) is 2.48. The van der Waals surface area contributed by atoms with Gasteiger partial charge in [-0.1, -0.05) is 28.1 Å². The topological polar surface area (TPSA) is 51.2 Å². The summed E-state index contributed by atoms with van der Waals surface area (Å²) in [5.74, 6) is 0.411. The van der Waals surface area contributed by atoms with Crippen LogP contribution in [0.2, 0.25) is 0 Å². The molecule has 1 N–H and O–H groups in total. The number of methoxy groups -OCH3 is 1. The number of nitrogens with zero attached hydrogens (tertiary/aromatic N) is 1. The highest BCUT2D eigenvalue weighted by atomic mass is 79.9. The van der Waals surface area contributed by atoms with E-state index in [0.29, 0.717) is 18.0 Å². The van der Waals surface area contributed by atoms with Crippen LogP contribution in [-0.4, -0.2) is 18.0 Å². The molecule has 0 spiro atoms. The Balaban J connectivity index is 2.11. The first-order chi connectivity index (χ1) is 9.63. The third-order valence-corrected chi connectivity index (χ3v) is 3.85. The Morgan fingerprint density at radius 1 is 1.35 bits per heavy atom. The van der Waals surface area contributed by atoms with Gasteiger partial charge in [-0.25, -0.2) is 4.98 Å². The quantitative estimate of drug-likeness (QED) is 0.934. The van der Waals surface area contributed by atoms with Crippen molar-refractivity contribution in [2.24, 2.45) is 0 Å². The number of aromatic nitrogens is 1. The van der Waals surface area contributed by atoms with Gasteiger partial charge in [-0.05, 0) is 30.7 Å². The van der Waals surface area contributed by atoms with Crippen LogP contribution in [0.3, 0.4) is 0 Å². The molecule has 0 atom stereocenters. The van der Waals surface area contributed by atoms with Gasteiger partial charge in [-0.15, -0.1) is 0 Å². The number of nitrogens with one attached hydrogen (secondary N) is 1. The summed E-state index contributed by atoms with van der Waals surface area (Å²) in [5, 5.41) is 2.88. The molecule has 20 heavy (non-hydrogen) atoms. The Hall–Kier alpha value is -1.88. The number of halogens is 1. The van der Waals surface area contributed by atoms with Gasteiger partial charge in [-0.2, -0.15) is 0 Å². The molecule has 0 saturated carbocycles. The zero-order chi connectivity index (χ0) is 14.5. The van der Waals surface area contributed by atoms with E-state index in [1.54, 1.807) is 19.4 Å². The van der Waals surface area contributed by atoms with Crippen molar-refractivity contribution in [3.63, 3.8) is 0 Å². The summed E-state index contributed by atoms with van der Waals surface area (Å²) in [5.41, 5.74) is 2.42. The predicted molar refractivity (Wildman–Crippen MR) is 80.8 cm³/mol. The lowest BCUT2D eigenvalue weighted by molar-refractivity contribution is 0.0950. The van der Waals surface area contributed by atoms with Gasteiger partial charge in [0.05, 0.1) is 7.11 Å². The molecule has 0 aliphatic heterocycles. The summed E-state index contributed by atoms with van der Waals surface area (Å²) in [7, 11) is 1.56. The van der Waals surface area contributed by atoms with E-state index in [4.69, 9.17) is 4.74 Å². The normalized spacial score (nSPS) is 10.2. The minimum Gasteiger partial charge on any atom is -0.481 e. The van der Waals surface area contributed by atoms with Crippen LogP contribution in [0.15, 0.2) is 41.0 Å². The first kappa shape index (κ1) is 14.5. The van der Waals surface area contributed by atoms with E-state index in [1.807, 2.05) is 31.2 Å². The summed E-state index contributed by atoms with van der Waals surface area (Å²) in [4.78, 5) is 16.3. The van der Waals surface area contributed by atoms with E-state index >= 15 is 0 Å². The molecule has 0 radical (unpaired) electrons. The SMILES string of the molecule is COc1ncccc1CNC(=O)c1cccc(Br)c1C. The van der Waals surface area contributed by atoms with Gasteiger partial charge in [0.15, 0.2) is 0 Å². The predicted octanol–water partition coefficient (Wildman–Crippen LogP) is 3.09. The van der Waals surface area contributed by atoms with Gasteiger partial charge in [0.2, 0.25) is 5.88 Å². The second kappa shape index (κ2) is 6.52. The lowest BCUT2D eigenvalue weighted by atomic mass is 10.1. The van der Waals surface area contributed by atoms with Crippen molar-refractivity contribution in [2.75, 3.05) is 7.11 Å². The summed E-state index contributed by atoms with van der Waals surface area (Å²) in [6, 6.07) is 9.25. The molecule has 104 valence electrons. The molecular weight excluding hydrogens is 320 g/mol. The molecule has 0 unspecified atom stereocenters. The van der Waals surface area contributed by atoms with Gasteiger partial charge in [0.25, 0.3) is 5.91 Å². The smallest absolute Gasteiger partial charge is 0.251 e. The first-order valence-electron chi connectivity index (χ1n) is 6.14. The van der Waals surface area contributed by atoms with Crippen LogP contribution in [-0.2, 0) is 6.54 Å². The molecule has 0 saturated heterocycles. The second-order valence-corrected chi connectivity index (χ2v) is 5.12. The molecule has 5 heteroatoms. The summed E-state index contributed by atoms with van der Waals surface area (Å²) < 4.78 is 6.08. The van der Waals surface area contributed by atoms with Crippen LogP contribution in [0.5, 0.6) is 5.88 Å². The number of hydrogen-bond acceptors (Lipinski definition) is 3. The maximum absolute atomic E-state index is 12.2. The fourth-order valence-corrected chi connectivity index (χ4v) is 2.23. The molecule has 1 aromatic carbocycles. The number of pyridine rings is 1. The zero-order valence-corrected chi connectivity index (χ0v) is 12.9. The Morgan fingerprint density at radius 3 is 2.90 bits per heavy atom. The van der Waals surface area contributed by atoms with Crippen molar-refractivity contribution in [2.45, 2.75) is 13.5 Å². The molecule has 0 fully saturated rings. The molecule has 1 aromatic heterocycles. The third kappa shape index (κ3) is 3.17. The number of ether oxygens (including phenoxy) is 1. The van der Waals surface area contributed by atoms with Crippen LogP contribution < -0.4 is 10.1 Å². The summed E-state index contributed by atoms with van der Waals surface area (Å²) in [6.07, 6.45) is 1.66. The number of carbonyl (C=O) groups is 1. The van der Waals surface area contributed by atoms with Crippen LogP contribution in [0.4, 0.5) is 0 Å². The van der Waals surface area contributed by atoms with Crippen LogP contribution in [0, 0.1) is 6.92 Å². The van der Waals surface area contributed by atoms with E-state index < -0.39 is 0 Å². The highest BCUT2D eigenvalue weighted by Gasteiger charge is 2.11. The van der Waals surface area contributed by atoms with Crippen molar-refractivity contribution in [3.8, 4) is 5.88 Å². The molecule has 1 heterocycles. The number of amides is 1. The van der Waals surface area contributed by atoms with E-state index in [0.717, 1.165) is 15.6 Å². The van der Waals surface area contributed by atoms with Gasteiger partial charge in [0.1, 0.15) is 0 Å². The van der Waals surface area contributed by atoms with Crippen molar-refractivity contribution in [1.29, 1.82) is 0 Å². The van der Waals surface area contributed by atoms with Crippen LogP contribution in [0.25, 0.3) is 0 Å². The minimum atomic E-state index is -0.116. The highest BCUT2D eigenvalue weighted by molar-refractivity contribution is 9.10. The zero-order valence-electron chi connectivity index (χ0n) is 11.3. The van der Waals surface area contributed by atoms with Crippen molar-refractivity contribution < 1.29 is 9.53 Å². The van der Waals surface area contributed by atoms with Gasteiger partial charge in [0, 0.05) is 28.3 Å². The van der Waals surface area contributed by atoms with E-state index in [-0.39, 0.29) is 5.91 Å². The van der Waals surface area contributed by atoms with Crippen molar-refractivity contribution in [3.05, 3.63) is 57.7 Å². The average molecular weight is 335 g/mol. The fraction of sp³-hybridized carbons (Fsp3) is 0.200. The number of hydrogen-bond donors (Lipinski definition) is 1. The Morgan fingerprint density at radius 2 is 2.15 bits per heavy atom. The van der Waals surface area contributed by atoms with Crippen LogP contribution >= 0.6 is 15.9 Å². The maximum Gasteiger partial charge on any atom is 0.251 e. The molecule has 0 aliphatic carbocycles. The molecule has 2 rings (SSSR count). The monoisotopic (exact) mass is 334 g/mol. The number of benzene rings is 1. The summed E-state index contributed by atoms with van der Waals surface area (Å²) >= 11 is 3.42. The van der Waals surface area contributed by atoms with Gasteiger partial charge in [-0.3, -0.25) is 4.79 Å². The Labute approximate surface area is 126 Å². The second-order valence-electron chi connectivity index (χ2n) is 4.27. The summed E-state index contributed by atoms with van der Waals surface area (Å²) in [6.45, 7) is 2.28. The van der Waals surface area contributed by atoms with E-state index in [2.05, 4.69) is 26.2 Å². The van der Waals surface area contributed by atoms with Crippen molar-refractivity contribution >= 4 is 21.8 Å². The molecule has 0 aliphatic rings. The van der Waals surface area contributed by atoms with Gasteiger partial charge < -0.3 is 10.1 Å². The largest absolute Gasteiger partial charge is 0.481 e. The first-order valence-corrected chi connectivity index (χ1v) is 6.94. The lowest BCUT2D eigenvalue weighted by Crippen LogP contribution is -2.24. The molecule has 1 amide bonds.